The first-order chi connectivity index (χ1) is 16.3. The highest BCUT2D eigenvalue weighted by Gasteiger charge is 2.94. The van der Waals surface area contributed by atoms with Crippen LogP contribution in [-0.2, 0) is 11.2 Å². The molecule has 0 fully saturated rings. The number of nitrogens with one attached hydrogen (secondary N) is 1. The number of rotatable bonds is 12. The first-order valence-electron chi connectivity index (χ1n) is 9.61. The third-order valence-electron chi connectivity index (χ3n) is 5.04. The number of benzene rings is 1. The van der Waals surface area contributed by atoms with Crippen LogP contribution in [0.3, 0.4) is 0 Å². The highest BCUT2D eigenvalue weighted by Crippen LogP contribution is 2.62. The van der Waals surface area contributed by atoms with Crippen LogP contribution in [0.15, 0.2) is 30.3 Å². The van der Waals surface area contributed by atoms with E-state index in [-0.39, 0.29) is 12.8 Å². The van der Waals surface area contributed by atoms with Gasteiger partial charge in [-0.1, -0.05) is 30.3 Å². The van der Waals surface area contributed by atoms with E-state index in [2.05, 4.69) is 0 Å². The van der Waals surface area contributed by atoms with Crippen molar-refractivity contribution >= 4 is 5.91 Å². The lowest BCUT2D eigenvalue weighted by Crippen LogP contribution is -2.75. The van der Waals surface area contributed by atoms with Crippen molar-refractivity contribution in [2.75, 3.05) is 0 Å². The van der Waals surface area contributed by atoms with Crippen LogP contribution in [0.2, 0.25) is 0 Å². The zero-order valence-corrected chi connectivity index (χ0v) is 17.9. The fourth-order valence-electron chi connectivity index (χ4n) is 2.69. The van der Waals surface area contributed by atoms with Crippen LogP contribution in [0.4, 0.5) is 70.2 Å². The third kappa shape index (κ3) is 5.15. The molecule has 37 heavy (non-hydrogen) atoms. The Kier molecular flexibility index (Phi) is 8.84. The lowest BCUT2D eigenvalue weighted by atomic mass is 9.89. The molecule has 18 heteroatoms. The molecule has 2 nitrogen and oxygen atoms in total. The summed E-state index contributed by atoms with van der Waals surface area (Å²) in [7, 11) is 0. The van der Waals surface area contributed by atoms with Gasteiger partial charge < -0.3 is 5.32 Å². The summed E-state index contributed by atoms with van der Waals surface area (Å²) in [5, 5.41) is 1.03. The summed E-state index contributed by atoms with van der Waals surface area (Å²) in [6.07, 6.45) is -6.31. The Bertz CT molecular complexity index is 931. The van der Waals surface area contributed by atoms with E-state index < -0.39 is 59.8 Å². The largest absolute Gasteiger partial charge is 0.392 e. The molecule has 0 spiro atoms. The molecule has 214 valence electrons. The van der Waals surface area contributed by atoms with E-state index >= 15 is 0 Å². The van der Waals surface area contributed by atoms with Crippen molar-refractivity contribution in [3.63, 3.8) is 0 Å². The second kappa shape index (κ2) is 10.0. The number of amides is 1. The molecule has 0 aromatic heterocycles. The van der Waals surface area contributed by atoms with E-state index in [1.54, 1.807) is 6.07 Å². The Morgan fingerprint density at radius 1 is 0.703 bits per heavy atom. The predicted molar refractivity (Wildman–Crippen MR) is 93.0 cm³/mol. The van der Waals surface area contributed by atoms with Crippen molar-refractivity contribution in [1.82, 2.24) is 5.32 Å². The van der Waals surface area contributed by atoms with Gasteiger partial charge in [0.05, 0.1) is 0 Å². The normalized spacial score (nSPS) is 15.6. The number of carbonyl (C=O) groups excluding carboxylic acids is 1. The molecule has 0 aliphatic heterocycles. The van der Waals surface area contributed by atoms with Gasteiger partial charge in [-0.25, -0.2) is 8.78 Å². The maximum Gasteiger partial charge on any atom is 0.392 e. The van der Waals surface area contributed by atoms with Crippen molar-refractivity contribution < 1.29 is 75.0 Å². The smallest absolute Gasteiger partial charge is 0.348 e. The van der Waals surface area contributed by atoms with Crippen LogP contribution >= 0.6 is 0 Å². The van der Waals surface area contributed by atoms with Gasteiger partial charge in [-0.3, -0.25) is 4.79 Å². The minimum Gasteiger partial charge on any atom is -0.348 e. The number of aryl methyl sites for hydroxylation is 1. The molecule has 1 aromatic rings. The second-order valence-electron chi connectivity index (χ2n) is 7.77. The Morgan fingerprint density at radius 2 is 1.11 bits per heavy atom. The number of hydrogen-bond acceptors (Lipinski definition) is 1. The second-order valence-corrected chi connectivity index (χ2v) is 7.77. The Balaban J connectivity index is 3.30. The molecule has 0 saturated carbocycles. The van der Waals surface area contributed by atoms with Crippen molar-refractivity contribution in [1.29, 1.82) is 0 Å². The summed E-state index contributed by atoms with van der Waals surface area (Å²) in [5.41, 5.74) is 0.496. The van der Waals surface area contributed by atoms with E-state index in [9.17, 15) is 75.0 Å². The number of carbonyl (C=O) groups is 1. The lowest BCUT2D eigenvalue weighted by Gasteiger charge is -2.42. The molecule has 1 atom stereocenters. The molecule has 0 radical (unpaired) electrons. The van der Waals surface area contributed by atoms with Crippen LogP contribution in [-0.4, -0.2) is 59.8 Å². The van der Waals surface area contributed by atoms with Gasteiger partial charge in [-0.05, 0) is 25.3 Å². The molecule has 1 aromatic carbocycles. The monoisotopic (exact) mass is 577 g/mol. The number of hydrogen-bond donors (Lipinski definition) is 1. The standard InChI is InChI=1S/C19H15F16NO/c1-9(7-8-10-5-3-2-4-6-10)36-12(37)14(24,25)16(28,29)18(32,33)19(34,35)17(30,31)15(26,27)13(22,23)11(20)21/h2-6,9,11H,7-8H2,1H3,(H,36,37). The molecular weight excluding hydrogens is 562 g/mol. The summed E-state index contributed by atoms with van der Waals surface area (Å²) >= 11 is 0. The Labute approximate surface area is 197 Å². The Hall–Kier alpha value is -2.43. The Morgan fingerprint density at radius 3 is 1.54 bits per heavy atom. The van der Waals surface area contributed by atoms with Crippen molar-refractivity contribution in [3.05, 3.63) is 35.9 Å². The highest BCUT2D eigenvalue weighted by molar-refractivity contribution is 5.85. The van der Waals surface area contributed by atoms with Gasteiger partial charge in [0, 0.05) is 6.04 Å². The average Bonchev–Trinajstić information content (AvgIpc) is 2.77. The summed E-state index contributed by atoms with van der Waals surface area (Å²) < 4.78 is 213. The van der Waals surface area contributed by atoms with Crippen LogP contribution in [0.1, 0.15) is 18.9 Å². The number of halogens is 16. The van der Waals surface area contributed by atoms with E-state index in [4.69, 9.17) is 0 Å². The minimum atomic E-state index is -8.53. The molecular formula is C19H15F16NO. The van der Waals surface area contributed by atoms with Gasteiger partial charge in [-0.15, -0.1) is 0 Å². The molecule has 1 unspecified atom stereocenters. The van der Waals surface area contributed by atoms with Gasteiger partial charge in [0.25, 0.3) is 5.91 Å². The average molecular weight is 577 g/mol. The van der Waals surface area contributed by atoms with E-state index in [0.717, 1.165) is 12.2 Å². The van der Waals surface area contributed by atoms with Crippen molar-refractivity contribution in [2.24, 2.45) is 0 Å². The first-order valence-corrected chi connectivity index (χ1v) is 9.61. The van der Waals surface area contributed by atoms with Gasteiger partial charge >= 0.3 is 47.9 Å². The minimum absolute atomic E-state index is 0.0435. The molecule has 0 aliphatic carbocycles. The summed E-state index contributed by atoms with van der Waals surface area (Å²) in [6.45, 7) is 0.850. The van der Waals surface area contributed by atoms with Crippen LogP contribution in [0.25, 0.3) is 0 Å². The highest BCUT2D eigenvalue weighted by atomic mass is 19.4. The fourth-order valence-corrected chi connectivity index (χ4v) is 2.69. The van der Waals surface area contributed by atoms with E-state index in [1.165, 1.54) is 24.3 Å². The number of alkyl halides is 16. The van der Waals surface area contributed by atoms with Crippen molar-refractivity contribution in [3.8, 4) is 0 Å². The van der Waals surface area contributed by atoms with E-state index in [0.29, 0.717) is 5.56 Å². The molecule has 1 rings (SSSR count). The SMILES string of the molecule is CC(CCc1ccccc1)NC(=O)C(F)(F)C(F)(F)C(F)(F)C(F)(F)C(F)(F)C(F)(F)C(F)(F)C(F)F. The van der Waals surface area contributed by atoms with Gasteiger partial charge in [0.1, 0.15) is 0 Å². The molecule has 1 N–H and O–H groups in total. The van der Waals surface area contributed by atoms with Crippen LogP contribution in [0.5, 0.6) is 0 Å². The predicted octanol–water partition coefficient (Wildman–Crippen LogP) is 6.84. The molecule has 0 saturated heterocycles. The summed E-state index contributed by atoms with van der Waals surface area (Å²) in [5.74, 6) is -59.5. The summed E-state index contributed by atoms with van der Waals surface area (Å²) in [4.78, 5) is 11.5. The van der Waals surface area contributed by atoms with Gasteiger partial charge in [0.15, 0.2) is 0 Å². The lowest BCUT2D eigenvalue weighted by molar-refractivity contribution is -0.443. The molecule has 1 amide bonds. The zero-order chi connectivity index (χ0) is 29.5. The fraction of sp³-hybridized carbons (Fsp3) is 0.632. The maximum absolute atomic E-state index is 13.9. The van der Waals surface area contributed by atoms with Gasteiger partial charge in [0.2, 0.25) is 0 Å². The summed E-state index contributed by atoms with van der Waals surface area (Å²) in [6, 6.07) is 5.96. The molecule has 0 heterocycles. The quantitative estimate of drug-likeness (QED) is 0.271. The van der Waals surface area contributed by atoms with Gasteiger partial charge in [-0.2, -0.15) is 61.5 Å². The topological polar surface area (TPSA) is 29.1 Å². The maximum atomic E-state index is 13.9. The van der Waals surface area contributed by atoms with Crippen molar-refractivity contribution in [2.45, 2.75) is 73.7 Å². The van der Waals surface area contributed by atoms with E-state index in [1.807, 2.05) is 0 Å². The van der Waals surface area contributed by atoms with Crippen LogP contribution in [0, 0.1) is 0 Å². The third-order valence-corrected chi connectivity index (χ3v) is 5.04. The zero-order valence-electron chi connectivity index (χ0n) is 17.9. The molecule has 0 bridgehead atoms. The van der Waals surface area contributed by atoms with Crippen LogP contribution < -0.4 is 5.32 Å². The molecule has 0 aliphatic rings. The first kappa shape index (κ1) is 32.6.